The molecular formula is C19H32N4O3. The number of nitrogens with one attached hydrogen (secondary N) is 3. The molecule has 0 unspecified atom stereocenters. The monoisotopic (exact) mass is 364 g/mol. The van der Waals surface area contributed by atoms with Crippen LogP contribution in [-0.4, -0.2) is 52.8 Å². The molecule has 7 heteroatoms. The summed E-state index contributed by atoms with van der Waals surface area (Å²) in [5.74, 6) is 2.19. The number of ether oxygens (including phenoxy) is 2. The highest BCUT2D eigenvalue weighted by Crippen LogP contribution is 2.27. The van der Waals surface area contributed by atoms with E-state index in [2.05, 4.69) is 20.9 Å². The molecule has 0 bridgehead atoms. The Bertz CT molecular complexity index is 609. The first-order chi connectivity index (χ1) is 12.3. The molecule has 0 atom stereocenters. The third-order valence-electron chi connectivity index (χ3n) is 3.76. The van der Waals surface area contributed by atoms with Crippen LogP contribution in [0.3, 0.4) is 0 Å². The van der Waals surface area contributed by atoms with Crippen molar-refractivity contribution in [2.45, 2.75) is 27.2 Å². The predicted octanol–water partition coefficient (Wildman–Crippen LogP) is 1.57. The van der Waals surface area contributed by atoms with Gasteiger partial charge < -0.3 is 25.4 Å². The molecule has 0 saturated carbocycles. The Morgan fingerprint density at radius 1 is 1.00 bits per heavy atom. The summed E-state index contributed by atoms with van der Waals surface area (Å²) in [5.41, 5.74) is 0.766. The molecule has 0 aliphatic rings. The average Bonchev–Trinajstić information content (AvgIpc) is 2.62. The Labute approximate surface area is 156 Å². The molecule has 0 aromatic heterocycles. The fourth-order valence-electron chi connectivity index (χ4n) is 2.20. The van der Waals surface area contributed by atoms with Crippen LogP contribution in [0.5, 0.6) is 11.5 Å². The minimum absolute atomic E-state index is 0.0377. The summed E-state index contributed by atoms with van der Waals surface area (Å²) < 4.78 is 10.6. The molecular weight excluding hydrogens is 332 g/mol. The molecule has 1 aromatic rings. The van der Waals surface area contributed by atoms with E-state index >= 15 is 0 Å². The normalized spacial score (nSPS) is 11.7. The van der Waals surface area contributed by atoms with Gasteiger partial charge in [-0.25, -0.2) is 0 Å². The number of carbonyl (C=O) groups is 1. The Morgan fingerprint density at radius 3 is 2.19 bits per heavy atom. The third-order valence-corrected chi connectivity index (χ3v) is 3.76. The zero-order chi connectivity index (χ0) is 19.6. The first-order valence-electron chi connectivity index (χ1n) is 8.75. The minimum Gasteiger partial charge on any atom is -0.493 e. The van der Waals surface area contributed by atoms with E-state index in [1.807, 2.05) is 39.0 Å². The van der Waals surface area contributed by atoms with Gasteiger partial charge in [0.05, 0.1) is 14.2 Å². The number of amides is 1. The van der Waals surface area contributed by atoms with E-state index in [0.717, 1.165) is 30.0 Å². The number of nitrogens with zero attached hydrogens (tertiary/aromatic N) is 1. The molecule has 0 aliphatic heterocycles. The minimum atomic E-state index is -0.376. The van der Waals surface area contributed by atoms with Gasteiger partial charge in [0.2, 0.25) is 5.91 Å². The molecule has 146 valence electrons. The van der Waals surface area contributed by atoms with Crippen LogP contribution >= 0.6 is 0 Å². The molecule has 0 saturated heterocycles. The smallest absolute Gasteiger partial charge is 0.225 e. The highest BCUT2D eigenvalue weighted by atomic mass is 16.5. The van der Waals surface area contributed by atoms with E-state index in [4.69, 9.17) is 9.47 Å². The number of hydrogen-bond acceptors (Lipinski definition) is 4. The summed E-state index contributed by atoms with van der Waals surface area (Å²) in [6.07, 6.45) is 0.821. The molecule has 0 aliphatic carbocycles. The molecule has 1 rings (SSSR count). The van der Waals surface area contributed by atoms with Crippen molar-refractivity contribution in [3.63, 3.8) is 0 Å². The van der Waals surface area contributed by atoms with Crippen LogP contribution in [0.1, 0.15) is 26.3 Å². The van der Waals surface area contributed by atoms with E-state index in [9.17, 15) is 4.79 Å². The number of aliphatic imine (C=N–C) groups is 1. The highest BCUT2D eigenvalue weighted by molar-refractivity contribution is 5.81. The van der Waals surface area contributed by atoms with Crippen LogP contribution in [0.15, 0.2) is 23.2 Å². The molecule has 26 heavy (non-hydrogen) atoms. The van der Waals surface area contributed by atoms with E-state index in [1.165, 1.54) is 0 Å². The second-order valence-electron chi connectivity index (χ2n) is 6.87. The Hall–Kier alpha value is -2.44. The maximum Gasteiger partial charge on any atom is 0.225 e. The van der Waals surface area contributed by atoms with E-state index < -0.39 is 0 Å². The Kier molecular flexibility index (Phi) is 8.75. The topological polar surface area (TPSA) is 84.0 Å². The van der Waals surface area contributed by atoms with E-state index in [0.29, 0.717) is 19.0 Å². The van der Waals surface area contributed by atoms with Gasteiger partial charge in [-0.3, -0.25) is 9.79 Å². The van der Waals surface area contributed by atoms with Crippen LogP contribution in [-0.2, 0) is 11.2 Å². The van der Waals surface area contributed by atoms with Crippen molar-refractivity contribution < 1.29 is 14.3 Å². The molecule has 0 radical (unpaired) electrons. The van der Waals surface area contributed by atoms with Gasteiger partial charge in [0.25, 0.3) is 0 Å². The van der Waals surface area contributed by atoms with Crippen LogP contribution < -0.4 is 25.4 Å². The van der Waals surface area contributed by atoms with Crippen molar-refractivity contribution in [2.75, 3.05) is 40.9 Å². The first-order valence-corrected chi connectivity index (χ1v) is 8.75. The van der Waals surface area contributed by atoms with Gasteiger partial charge in [0, 0.05) is 32.1 Å². The van der Waals surface area contributed by atoms with Crippen LogP contribution in [0.2, 0.25) is 0 Å². The largest absolute Gasteiger partial charge is 0.493 e. The van der Waals surface area contributed by atoms with Gasteiger partial charge in [-0.15, -0.1) is 0 Å². The number of methoxy groups -OCH3 is 2. The summed E-state index contributed by atoms with van der Waals surface area (Å²) in [7, 11) is 4.97. The average molecular weight is 364 g/mol. The summed E-state index contributed by atoms with van der Waals surface area (Å²) in [6.45, 7) is 7.56. The predicted molar refractivity (Wildman–Crippen MR) is 105 cm³/mol. The first kappa shape index (κ1) is 21.6. The quantitative estimate of drug-likeness (QED) is 0.370. The molecule has 1 aromatic carbocycles. The zero-order valence-electron chi connectivity index (χ0n) is 16.7. The van der Waals surface area contributed by atoms with Gasteiger partial charge in [0.1, 0.15) is 0 Å². The van der Waals surface area contributed by atoms with Gasteiger partial charge in [-0.2, -0.15) is 0 Å². The number of benzene rings is 1. The second-order valence-corrected chi connectivity index (χ2v) is 6.87. The SMILES string of the molecule is CN=C(NCCNC(=O)C(C)(C)C)NCCc1ccc(OC)c(OC)c1. The fraction of sp³-hybridized carbons (Fsp3) is 0.579. The lowest BCUT2D eigenvalue weighted by Gasteiger charge is -2.18. The van der Waals surface area contributed by atoms with Crippen molar-refractivity contribution in [3.8, 4) is 11.5 Å². The number of carbonyl (C=O) groups excluding carboxylic acids is 1. The lowest BCUT2D eigenvalue weighted by atomic mass is 9.96. The Balaban J connectivity index is 2.35. The van der Waals surface area contributed by atoms with Crippen molar-refractivity contribution in [3.05, 3.63) is 23.8 Å². The van der Waals surface area contributed by atoms with E-state index in [-0.39, 0.29) is 11.3 Å². The van der Waals surface area contributed by atoms with E-state index in [1.54, 1.807) is 21.3 Å². The fourth-order valence-corrected chi connectivity index (χ4v) is 2.20. The highest BCUT2D eigenvalue weighted by Gasteiger charge is 2.20. The van der Waals surface area contributed by atoms with Gasteiger partial charge in [0.15, 0.2) is 17.5 Å². The van der Waals surface area contributed by atoms with Crippen LogP contribution in [0.4, 0.5) is 0 Å². The summed E-state index contributed by atoms with van der Waals surface area (Å²) in [6, 6.07) is 5.89. The number of rotatable bonds is 8. The molecule has 0 heterocycles. The summed E-state index contributed by atoms with van der Waals surface area (Å²) in [5, 5.41) is 9.34. The van der Waals surface area contributed by atoms with Gasteiger partial charge in [-0.1, -0.05) is 26.8 Å². The Morgan fingerprint density at radius 2 is 1.62 bits per heavy atom. The van der Waals surface area contributed by atoms with Crippen LogP contribution in [0.25, 0.3) is 0 Å². The van der Waals surface area contributed by atoms with Crippen molar-refractivity contribution in [1.29, 1.82) is 0 Å². The van der Waals surface area contributed by atoms with Gasteiger partial charge >= 0.3 is 0 Å². The lowest BCUT2D eigenvalue weighted by Crippen LogP contribution is -2.43. The standard InChI is InChI=1S/C19H32N4O3/c1-19(2,3)17(24)21-11-12-23-18(20-4)22-10-9-14-7-8-15(25-5)16(13-14)26-6/h7-8,13H,9-12H2,1-6H3,(H,21,24)(H2,20,22,23). The molecule has 1 amide bonds. The third kappa shape index (κ3) is 7.21. The summed E-state index contributed by atoms with van der Waals surface area (Å²) >= 11 is 0. The zero-order valence-corrected chi connectivity index (χ0v) is 16.7. The molecule has 7 nitrogen and oxygen atoms in total. The van der Waals surface area contributed by atoms with Crippen molar-refractivity contribution >= 4 is 11.9 Å². The molecule has 0 fully saturated rings. The van der Waals surface area contributed by atoms with Gasteiger partial charge in [-0.05, 0) is 24.1 Å². The maximum atomic E-state index is 11.8. The van der Waals surface area contributed by atoms with Crippen LogP contribution in [0, 0.1) is 5.41 Å². The maximum absolute atomic E-state index is 11.8. The number of hydrogen-bond donors (Lipinski definition) is 3. The molecule has 3 N–H and O–H groups in total. The van der Waals surface area contributed by atoms with Crippen molar-refractivity contribution in [2.24, 2.45) is 10.4 Å². The number of guanidine groups is 1. The molecule has 0 spiro atoms. The van der Waals surface area contributed by atoms with Crippen molar-refractivity contribution in [1.82, 2.24) is 16.0 Å². The lowest BCUT2D eigenvalue weighted by molar-refractivity contribution is -0.128. The summed E-state index contributed by atoms with van der Waals surface area (Å²) in [4.78, 5) is 16.0. The second kappa shape index (κ2) is 10.5.